The summed E-state index contributed by atoms with van der Waals surface area (Å²) in [6, 6.07) is 0. The molecule has 1 aliphatic rings. The number of rotatable bonds is 4. The number of hydrogen-bond donors (Lipinski definition) is 8. The summed E-state index contributed by atoms with van der Waals surface area (Å²) in [5.41, 5.74) is 0. The molecule has 1 saturated heterocycles. The molecule has 1 aliphatic heterocycles. The van der Waals surface area contributed by atoms with Crippen LogP contribution in [0.15, 0.2) is 0 Å². The van der Waals surface area contributed by atoms with Crippen LogP contribution in [-0.4, -0.2) is 102 Å². The third-order valence-corrected chi connectivity index (χ3v) is 3.16. The Bertz CT molecular complexity index is 311. The minimum absolute atomic E-state index is 0.0935. The Kier molecular flexibility index (Phi) is 9.15. The van der Waals surface area contributed by atoms with Crippen LogP contribution >= 0.6 is 0 Å². The molecule has 9 atom stereocenters. The van der Waals surface area contributed by atoms with Crippen LogP contribution in [0, 0.1) is 0 Å². The molecule has 1 rings (SSSR count). The van der Waals surface area contributed by atoms with E-state index in [1.54, 1.807) is 0 Å². The highest BCUT2D eigenvalue weighted by atomic mass is 16.6. The predicted octanol–water partition coefficient (Wildman–Crippen LogP) is -4.54. The van der Waals surface area contributed by atoms with Crippen LogP contribution in [0.25, 0.3) is 0 Å². The minimum atomic E-state index is -1.65. The number of carbonyl (C=O) groups excluding carboxylic acids is 1. The summed E-state index contributed by atoms with van der Waals surface area (Å²) < 4.78 is 4.68. The Labute approximate surface area is 126 Å². The summed E-state index contributed by atoms with van der Waals surface area (Å²) in [7, 11) is 0. The quantitative estimate of drug-likeness (QED) is 0.233. The van der Waals surface area contributed by atoms with E-state index in [1.807, 2.05) is 0 Å². The molecule has 1 fully saturated rings. The normalized spacial score (nSPS) is 37.3. The molecule has 22 heavy (non-hydrogen) atoms. The van der Waals surface area contributed by atoms with Crippen molar-refractivity contribution in [2.24, 2.45) is 0 Å². The lowest BCUT2D eigenvalue weighted by Gasteiger charge is -2.36. The Morgan fingerprint density at radius 2 is 1.41 bits per heavy atom. The van der Waals surface area contributed by atoms with Crippen molar-refractivity contribution < 1.29 is 50.4 Å². The fourth-order valence-corrected chi connectivity index (χ4v) is 1.60. The summed E-state index contributed by atoms with van der Waals surface area (Å²) in [4.78, 5) is 9.87. The topological polar surface area (TPSA) is 188 Å². The standard InChI is InChI=1S/2C6H12O5/c1-2-3(7)4(8)5(9)6(10)11-2;1-3(8)5(10)6(11)4(9)2-7/h2-10H,1H3;2-6,8-11H,1H3/t2-,3-,4+,5-,6+;3-,4-,5-,6-/m10/s1. The van der Waals surface area contributed by atoms with E-state index in [9.17, 15) is 4.79 Å². The zero-order valence-corrected chi connectivity index (χ0v) is 12.2. The molecule has 8 N–H and O–H groups in total. The number of aliphatic hydroxyl groups excluding tert-OH is 8. The second-order valence-electron chi connectivity index (χ2n) is 5.05. The minimum Gasteiger partial charge on any atom is -0.391 e. The second-order valence-corrected chi connectivity index (χ2v) is 5.05. The molecule has 0 unspecified atom stereocenters. The molecular formula is C12H24O10. The van der Waals surface area contributed by atoms with Gasteiger partial charge in [0.1, 0.15) is 36.6 Å². The van der Waals surface area contributed by atoms with Gasteiger partial charge < -0.3 is 50.4 Å². The van der Waals surface area contributed by atoms with Crippen molar-refractivity contribution in [3.05, 3.63) is 0 Å². The lowest BCUT2D eigenvalue weighted by Crippen LogP contribution is -2.56. The van der Waals surface area contributed by atoms with Crippen molar-refractivity contribution in [2.75, 3.05) is 0 Å². The van der Waals surface area contributed by atoms with Crippen molar-refractivity contribution in [1.29, 1.82) is 0 Å². The number of aldehydes is 1. The molecule has 10 heteroatoms. The van der Waals surface area contributed by atoms with Gasteiger partial charge in [-0.15, -0.1) is 0 Å². The summed E-state index contributed by atoms with van der Waals surface area (Å²) in [6.45, 7) is 2.74. The van der Waals surface area contributed by atoms with Crippen LogP contribution in [0.2, 0.25) is 0 Å². The molecule has 0 saturated carbocycles. The molecule has 0 aromatic rings. The summed E-state index contributed by atoms with van der Waals surface area (Å²) in [5.74, 6) is 0. The number of carbonyl (C=O) groups is 1. The van der Waals surface area contributed by atoms with Crippen molar-refractivity contribution in [1.82, 2.24) is 0 Å². The van der Waals surface area contributed by atoms with E-state index in [1.165, 1.54) is 13.8 Å². The number of aliphatic hydroxyl groups is 8. The van der Waals surface area contributed by atoms with Gasteiger partial charge in [0.05, 0.1) is 12.2 Å². The summed E-state index contributed by atoms with van der Waals surface area (Å²) >= 11 is 0. The maximum absolute atomic E-state index is 9.87. The van der Waals surface area contributed by atoms with Gasteiger partial charge in [-0.2, -0.15) is 0 Å². The van der Waals surface area contributed by atoms with E-state index in [2.05, 4.69) is 4.74 Å². The number of ether oxygens (including phenoxy) is 1. The van der Waals surface area contributed by atoms with E-state index in [0.717, 1.165) is 0 Å². The Hall–Kier alpha value is -0.690. The molecule has 0 aromatic carbocycles. The Morgan fingerprint density at radius 1 is 0.909 bits per heavy atom. The molecule has 10 nitrogen and oxygen atoms in total. The van der Waals surface area contributed by atoms with Gasteiger partial charge in [-0.25, -0.2) is 0 Å². The molecule has 0 aromatic heterocycles. The van der Waals surface area contributed by atoms with Crippen LogP contribution < -0.4 is 0 Å². The van der Waals surface area contributed by atoms with Gasteiger partial charge in [-0.1, -0.05) is 0 Å². The van der Waals surface area contributed by atoms with Crippen LogP contribution in [0.4, 0.5) is 0 Å². The Morgan fingerprint density at radius 3 is 1.82 bits per heavy atom. The van der Waals surface area contributed by atoms with Gasteiger partial charge in [-0.3, -0.25) is 0 Å². The summed E-state index contributed by atoms with van der Waals surface area (Å²) in [5, 5.41) is 71.1. The van der Waals surface area contributed by atoms with Gasteiger partial charge in [0, 0.05) is 0 Å². The van der Waals surface area contributed by atoms with Crippen molar-refractivity contribution in [2.45, 2.75) is 69.0 Å². The van der Waals surface area contributed by atoms with E-state index in [-0.39, 0.29) is 6.29 Å². The number of hydrogen-bond acceptors (Lipinski definition) is 10. The maximum atomic E-state index is 9.87. The van der Waals surface area contributed by atoms with E-state index in [4.69, 9.17) is 40.9 Å². The van der Waals surface area contributed by atoms with Crippen LogP contribution in [0.3, 0.4) is 0 Å². The Balaban J connectivity index is 0.000000401. The van der Waals surface area contributed by atoms with E-state index in [0.29, 0.717) is 0 Å². The van der Waals surface area contributed by atoms with Crippen LogP contribution in [-0.2, 0) is 9.53 Å². The largest absolute Gasteiger partial charge is 0.391 e. The third kappa shape index (κ3) is 5.83. The van der Waals surface area contributed by atoms with Crippen molar-refractivity contribution in [3.8, 4) is 0 Å². The molecule has 0 radical (unpaired) electrons. The maximum Gasteiger partial charge on any atom is 0.183 e. The predicted molar refractivity (Wildman–Crippen MR) is 70.3 cm³/mol. The van der Waals surface area contributed by atoms with Crippen molar-refractivity contribution in [3.63, 3.8) is 0 Å². The highest BCUT2D eigenvalue weighted by molar-refractivity contribution is 5.56. The first-order valence-electron chi connectivity index (χ1n) is 6.59. The molecule has 0 spiro atoms. The lowest BCUT2D eigenvalue weighted by molar-refractivity contribution is -0.277. The molecule has 0 bridgehead atoms. The monoisotopic (exact) mass is 328 g/mol. The molecule has 0 aliphatic carbocycles. The fourth-order valence-electron chi connectivity index (χ4n) is 1.60. The SMILES string of the molecule is C[C@H](O)[C@H](O)[C@@H](O)[C@@H](O)C=O.C[C@H]1O[C@H](O)[C@H](O)[C@@H](O)[C@@H]1O. The molecule has 132 valence electrons. The summed E-state index contributed by atoms with van der Waals surface area (Å²) in [6.07, 6.45) is -11.9. The molecule has 1 heterocycles. The molecule has 0 amide bonds. The van der Waals surface area contributed by atoms with Gasteiger partial charge in [0.2, 0.25) is 0 Å². The second kappa shape index (κ2) is 9.45. The average molecular weight is 328 g/mol. The smallest absolute Gasteiger partial charge is 0.183 e. The third-order valence-electron chi connectivity index (χ3n) is 3.16. The van der Waals surface area contributed by atoms with Gasteiger partial charge in [0.15, 0.2) is 12.6 Å². The van der Waals surface area contributed by atoms with E-state index < -0.39 is 55.1 Å². The zero-order chi connectivity index (χ0) is 17.6. The van der Waals surface area contributed by atoms with Gasteiger partial charge >= 0.3 is 0 Å². The lowest BCUT2D eigenvalue weighted by atomic mass is 10.0. The fraction of sp³-hybridized carbons (Fsp3) is 0.917. The van der Waals surface area contributed by atoms with Crippen LogP contribution in [0.5, 0.6) is 0 Å². The van der Waals surface area contributed by atoms with Gasteiger partial charge in [-0.05, 0) is 13.8 Å². The first-order chi connectivity index (χ1) is 10.0. The average Bonchev–Trinajstić information content (AvgIpc) is 2.49. The van der Waals surface area contributed by atoms with Crippen LogP contribution in [0.1, 0.15) is 13.8 Å². The van der Waals surface area contributed by atoms with Crippen molar-refractivity contribution >= 4 is 6.29 Å². The molecular weight excluding hydrogens is 304 g/mol. The first kappa shape index (κ1) is 21.3. The van der Waals surface area contributed by atoms with Gasteiger partial charge in [0.25, 0.3) is 0 Å². The zero-order valence-electron chi connectivity index (χ0n) is 12.2. The first-order valence-corrected chi connectivity index (χ1v) is 6.59. The highest BCUT2D eigenvalue weighted by Crippen LogP contribution is 2.18. The highest BCUT2D eigenvalue weighted by Gasteiger charge is 2.40. The van der Waals surface area contributed by atoms with E-state index >= 15 is 0 Å².